The molecule has 0 unspecified atom stereocenters. The van der Waals surface area contributed by atoms with Gasteiger partial charge in [-0.25, -0.2) is 0 Å². The quantitative estimate of drug-likeness (QED) is 0.864. The molecule has 3 heteroatoms. The summed E-state index contributed by atoms with van der Waals surface area (Å²) >= 11 is 0. The monoisotopic (exact) mass is 323 g/mol. The first-order valence-corrected chi connectivity index (χ1v) is 8.81. The second-order valence-corrected chi connectivity index (χ2v) is 6.38. The topological polar surface area (TPSA) is 38.3 Å². The Morgan fingerprint density at radius 2 is 1.71 bits per heavy atom. The lowest BCUT2D eigenvalue weighted by Gasteiger charge is -2.28. The average molecular weight is 323 g/mol. The number of para-hydroxylation sites is 1. The molecule has 0 aromatic heterocycles. The van der Waals surface area contributed by atoms with Crippen LogP contribution in [-0.4, -0.2) is 12.5 Å². The molecule has 0 spiro atoms. The third kappa shape index (κ3) is 3.30. The molecule has 1 saturated carbocycles. The molecule has 1 aliphatic rings. The highest BCUT2D eigenvalue weighted by Gasteiger charge is 2.42. The van der Waals surface area contributed by atoms with Gasteiger partial charge < -0.3 is 10.1 Å². The van der Waals surface area contributed by atoms with Crippen molar-refractivity contribution in [2.45, 2.75) is 44.6 Å². The van der Waals surface area contributed by atoms with Crippen LogP contribution in [0.4, 0.5) is 0 Å². The van der Waals surface area contributed by atoms with Crippen molar-refractivity contribution in [1.29, 1.82) is 0 Å². The van der Waals surface area contributed by atoms with Gasteiger partial charge in [0.25, 0.3) is 0 Å². The first-order chi connectivity index (χ1) is 11.8. The predicted octanol–water partition coefficient (Wildman–Crippen LogP) is 4.21. The van der Waals surface area contributed by atoms with Crippen molar-refractivity contribution in [1.82, 2.24) is 5.32 Å². The molecule has 1 N–H and O–H groups in total. The lowest BCUT2D eigenvalue weighted by molar-refractivity contribution is -0.126. The van der Waals surface area contributed by atoms with Gasteiger partial charge >= 0.3 is 0 Å². The summed E-state index contributed by atoms with van der Waals surface area (Å²) in [5.41, 5.74) is 1.79. The van der Waals surface area contributed by atoms with Crippen molar-refractivity contribution in [3.63, 3.8) is 0 Å². The summed E-state index contributed by atoms with van der Waals surface area (Å²) in [6.07, 6.45) is 4.07. The van der Waals surface area contributed by atoms with Gasteiger partial charge in [0.15, 0.2) is 0 Å². The van der Waals surface area contributed by atoms with Crippen LogP contribution in [0.25, 0.3) is 0 Å². The van der Waals surface area contributed by atoms with E-state index in [9.17, 15) is 4.79 Å². The van der Waals surface area contributed by atoms with E-state index >= 15 is 0 Å². The minimum absolute atomic E-state index is 0.137. The number of hydrogen-bond acceptors (Lipinski definition) is 2. The zero-order valence-corrected chi connectivity index (χ0v) is 14.3. The molecule has 0 heterocycles. The number of carbonyl (C=O) groups is 1. The Balaban J connectivity index is 1.76. The summed E-state index contributed by atoms with van der Waals surface area (Å²) in [5.74, 6) is 0.984. The van der Waals surface area contributed by atoms with E-state index in [1.165, 1.54) is 0 Å². The first kappa shape index (κ1) is 16.6. The minimum Gasteiger partial charge on any atom is -0.494 e. The third-order valence-electron chi connectivity index (χ3n) is 4.93. The molecule has 0 atom stereocenters. The Bertz CT molecular complexity index is 675. The fourth-order valence-electron chi connectivity index (χ4n) is 3.67. The van der Waals surface area contributed by atoms with E-state index in [1.807, 2.05) is 49.4 Å². The molecular formula is C21H25NO2. The Kier molecular flexibility index (Phi) is 5.19. The van der Waals surface area contributed by atoms with E-state index in [-0.39, 0.29) is 11.3 Å². The lowest BCUT2D eigenvalue weighted by atomic mass is 9.78. The predicted molar refractivity (Wildman–Crippen MR) is 96.0 cm³/mol. The van der Waals surface area contributed by atoms with Crippen LogP contribution in [0.5, 0.6) is 5.75 Å². The van der Waals surface area contributed by atoms with Crippen molar-refractivity contribution in [3.05, 3.63) is 65.7 Å². The van der Waals surface area contributed by atoms with Gasteiger partial charge in [0.1, 0.15) is 5.75 Å². The molecule has 2 aromatic carbocycles. The van der Waals surface area contributed by atoms with Crippen LogP contribution in [-0.2, 0) is 16.8 Å². The number of rotatable bonds is 6. The summed E-state index contributed by atoms with van der Waals surface area (Å²) in [4.78, 5) is 13.1. The van der Waals surface area contributed by atoms with Crippen LogP contribution in [0.3, 0.4) is 0 Å². The fraction of sp³-hybridized carbons (Fsp3) is 0.381. The number of carbonyl (C=O) groups excluding carboxylic acids is 1. The van der Waals surface area contributed by atoms with E-state index in [0.717, 1.165) is 42.6 Å². The van der Waals surface area contributed by atoms with Crippen molar-refractivity contribution in [2.24, 2.45) is 0 Å². The molecule has 3 rings (SSSR count). The molecule has 3 nitrogen and oxygen atoms in total. The summed E-state index contributed by atoms with van der Waals surface area (Å²) in [6.45, 7) is 3.10. The Labute approximate surface area is 144 Å². The van der Waals surface area contributed by atoms with Gasteiger partial charge in [0.05, 0.1) is 12.0 Å². The van der Waals surface area contributed by atoms with Gasteiger partial charge in [-0.2, -0.15) is 0 Å². The van der Waals surface area contributed by atoms with E-state index in [4.69, 9.17) is 4.74 Å². The van der Waals surface area contributed by atoms with Crippen molar-refractivity contribution in [3.8, 4) is 5.75 Å². The van der Waals surface area contributed by atoms with Gasteiger partial charge in [-0.15, -0.1) is 0 Å². The van der Waals surface area contributed by atoms with E-state index in [0.29, 0.717) is 13.2 Å². The summed E-state index contributed by atoms with van der Waals surface area (Å²) in [5, 5.41) is 3.16. The molecular weight excluding hydrogens is 298 g/mol. The lowest BCUT2D eigenvalue weighted by Crippen LogP contribution is -2.42. The first-order valence-electron chi connectivity index (χ1n) is 8.81. The molecule has 1 aliphatic carbocycles. The highest BCUT2D eigenvalue weighted by atomic mass is 16.5. The van der Waals surface area contributed by atoms with Gasteiger partial charge in [-0.1, -0.05) is 61.4 Å². The van der Waals surface area contributed by atoms with Gasteiger partial charge in [0.2, 0.25) is 5.91 Å². The largest absolute Gasteiger partial charge is 0.494 e. The molecule has 0 aliphatic heterocycles. The van der Waals surface area contributed by atoms with Crippen molar-refractivity contribution < 1.29 is 9.53 Å². The second-order valence-electron chi connectivity index (χ2n) is 6.38. The number of nitrogens with one attached hydrogen (secondary N) is 1. The minimum atomic E-state index is -0.373. The molecule has 24 heavy (non-hydrogen) atoms. The van der Waals surface area contributed by atoms with Crippen LogP contribution >= 0.6 is 0 Å². The van der Waals surface area contributed by atoms with Crippen LogP contribution in [0, 0.1) is 0 Å². The summed E-state index contributed by atoms with van der Waals surface area (Å²) in [7, 11) is 0. The molecule has 0 bridgehead atoms. The maximum atomic E-state index is 13.1. The van der Waals surface area contributed by atoms with Crippen LogP contribution < -0.4 is 10.1 Å². The zero-order valence-electron chi connectivity index (χ0n) is 14.3. The summed E-state index contributed by atoms with van der Waals surface area (Å²) < 4.78 is 5.65. The van der Waals surface area contributed by atoms with Gasteiger partial charge in [-0.3, -0.25) is 4.79 Å². The highest BCUT2D eigenvalue weighted by molar-refractivity contribution is 5.88. The van der Waals surface area contributed by atoms with Gasteiger partial charge in [-0.05, 0) is 31.4 Å². The van der Waals surface area contributed by atoms with E-state index in [2.05, 4.69) is 17.4 Å². The van der Waals surface area contributed by atoms with Crippen LogP contribution in [0.15, 0.2) is 54.6 Å². The molecule has 1 fully saturated rings. The maximum Gasteiger partial charge on any atom is 0.230 e. The SMILES string of the molecule is CCOc1ccccc1CNC(=O)C1(c2ccccc2)CCCC1. The summed E-state index contributed by atoms with van der Waals surface area (Å²) in [6, 6.07) is 18.1. The van der Waals surface area contributed by atoms with E-state index in [1.54, 1.807) is 0 Å². The zero-order chi connectivity index (χ0) is 16.8. The Hall–Kier alpha value is -2.29. The normalized spacial score (nSPS) is 15.9. The third-order valence-corrected chi connectivity index (χ3v) is 4.93. The van der Waals surface area contributed by atoms with Gasteiger partial charge in [0, 0.05) is 12.1 Å². The highest BCUT2D eigenvalue weighted by Crippen LogP contribution is 2.41. The molecule has 2 aromatic rings. The Morgan fingerprint density at radius 3 is 2.42 bits per heavy atom. The number of hydrogen-bond donors (Lipinski definition) is 1. The molecule has 0 radical (unpaired) electrons. The van der Waals surface area contributed by atoms with E-state index < -0.39 is 0 Å². The standard InChI is InChI=1S/C21H25NO2/c1-2-24-19-13-7-6-10-17(19)16-22-20(23)21(14-8-9-15-21)18-11-4-3-5-12-18/h3-7,10-13H,2,8-9,14-16H2,1H3,(H,22,23). The van der Waals surface area contributed by atoms with Crippen molar-refractivity contribution in [2.75, 3.05) is 6.61 Å². The molecule has 1 amide bonds. The maximum absolute atomic E-state index is 13.1. The van der Waals surface area contributed by atoms with Crippen LogP contribution in [0.2, 0.25) is 0 Å². The van der Waals surface area contributed by atoms with Crippen molar-refractivity contribution >= 4 is 5.91 Å². The number of amides is 1. The smallest absolute Gasteiger partial charge is 0.230 e. The van der Waals surface area contributed by atoms with Crippen LogP contribution in [0.1, 0.15) is 43.7 Å². The number of benzene rings is 2. The Morgan fingerprint density at radius 1 is 1.04 bits per heavy atom. The number of ether oxygens (including phenoxy) is 1. The molecule has 126 valence electrons. The molecule has 0 saturated heterocycles. The second kappa shape index (κ2) is 7.52. The fourth-order valence-corrected chi connectivity index (χ4v) is 3.67. The average Bonchev–Trinajstić information content (AvgIpc) is 3.13.